The standard InChI is InChI=1S/C12H17N3O6/c1-6-3-15(12(18)14-10(6)16)8-4-19-9(21-8)5-20-11(17)7(2)13/h3,7-9H,4-5,13H2,1-2H3,(H,14,16,18)/t7-,8+,9+/m0/s1. The van der Waals surface area contributed by atoms with E-state index in [1.54, 1.807) is 6.92 Å². The molecule has 9 heteroatoms. The molecule has 1 fully saturated rings. The first-order chi connectivity index (χ1) is 9.88. The third-order valence-corrected chi connectivity index (χ3v) is 2.92. The lowest BCUT2D eigenvalue weighted by Gasteiger charge is -2.14. The van der Waals surface area contributed by atoms with Gasteiger partial charge in [-0.1, -0.05) is 0 Å². The van der Waals surface area contributed by atoms with E-state index in [1.807, 2.05) is 0 Å². The number of hydrogen-bond donors (Lipinski definition) is 2. The predicted molar refractivity (Wildman–Crippen MR) is 70.5 cm³/mol. The highest BCUT2D eigenvalue weighted by atomic mass is 16.7. The number of H-pyrrole nitrogens is 1. The van der Waals surface area contributed by atoms with E-state index in [-0.39, 0.29) is 13.2 Å². The molecule has 0 saturated carbocycles. The van der Waals surface area contributed by atoms with Gasteiger partial charge >= 0.3 is 11.7 Å². The highest BCUT2D eigenvalue weighted by Gasteiger charge is 2.29. The summed E-state index contributed by atoms with van der Waals surface area (Å²) in [4.78, 5) is 36.4. The molecule has 1 aromatic heterocycles. The molecule has 2 rings (SSSR count). The van der Waals surface area contributed by atoms with E-state index in [2.05, 4.69) is 4.98 Å². The lowest BCUT2D eigenvalue weighted by Crippen LogP contribution is -2.34. The Morgan fingerprint density at radius 1 is 1.62 bits per heavy atom. The molecule has 9 nitrogen and oxygen atoms in total. The van der Waals surface area contributed by atoms with E-state index in [1.165, 1.54) is 17.7 Å². The summed E-state index contributed by atoms with van der Waals surface area (Å²) in [6.07, 6.45) is -0.0742. The molecule has 0 unspecified atom stereocenters. The van der Waals surface area contributed by atoms with Gasteiger partial charge in [-0.2, -0.15) is 0 Å². The van der Waals surface area contributed by atoms with Gasteiger partial charge in [0, 0.05) is 11.8 Å². The predicted octanol–water partition coefficient (Wildman–Crippen LogP) is -1.39. The molecule has 0 aromatic carbocycles. The Hall–Kier alpha value is -1.97. The van der Waals surface area contributed by atoms with Gasteiger partial charge in [0.05, 0.1) is 6.61 Å². The molecule has 0 radical (unpaired) electrons. The Morgan fingerprint density at radius 2 is 2.33 bits per heavy atom. The SMILES string of the molecule is Cc1cn([C@H]2CO[C@@H](COC(=O)[C@H](C)N)O2)c(=O)[nH]c1=O. The smallest absolute Gasteiger partial charge is 0.330 e. The minimum atomic E-state index is -0.781. The van der Waals surface area contributed by atoms with E-state index in [0.717, 1.165) is 0 Å². The van der Waals surface area contributed by atoms with E-state index < -0.39 is 35.8 Å². The molecular weight excluding hydrogens is 282 g/mol. The molecule has 0 aliphatic carbocycles. The number of hydrogen-bond acceptors (Lipinski definition) is 7. The van der Waals surface area contributed by atoms with Crippen molar-refractivity contribution >= 4 is 5.97 Å². The summed E-state index contributed by atoms with van der Waals surface area (Å²) < 4.78 is 16.8. The van der Waals surface area contributed by atoms with Crippen LogP contribution in [0.4, 0.5) is 0 Å². The zero-order valence-electron chi connectivity index (χ0n) is 11.7. The molecule has 3 atom stereocenters. The minimum absolute atomic E-state index is 0.103. The zero-order valence-corrected chi connectivity index (χ0v) is 11.7. The van der Waals surface area contributed by atoms with Gasteiger partial charge < -0.3 is 19.9 Å². The monoisotopic (exact) mass is 299 g/mol. The molecule has 1 saturated heterocycles. The molecule has 1 aromatic rings. The van der Waals surface area contributed by atoms with Crippen LogP contribution in [0.25, 0.3) is 0 Å². The second-order valence-corrected chi connectivity index (χ2v) is 4.75. The van der Waals surface area contributed by atoms with E-state index in [4.69, 9.17) is 19.9 Å². The van der Waals surface area contributed by atoms with Crippen LogP contribution >= 0.6 is 0 Å². The molecule has 1 aliphatic heterocycles. The van der Waals surface area contributed by atoms with Gasteiger partial charge in [-0.05, 0) is 13.8 Å². The Labute approximate surface area is 119 Å². The van der Waals surface area contributed by atoms with Crippen LogP contribution < -0.4 is 17.0 Å². The van der Waals surface area contributed by atoms with Crippen molar-refractivity contribution in [2.24, 2.45) is 5.73 Å². The van der Waals surface area contributed by atoms with Gasteiger partial charge in [-0.25, -0.2) is 4.79 Å². The van der Waals surface area contributed by atoms with Crippen LogP contribution in [0.5, 0.6) is 0 Å². The van der Waals surface area contributed by atoms with Crippen LogP contribution in [0.2, 0.25) is 0 Å². The van der Waals surface area contributed by atoms with Gasteiger partial charge in [0.25, 0.3) is 5.56 Å². The van der Waals surface area contributed by atoms with Crippen molar-refractivity contribution in [3.05, 3.63) is 32.6 Å². The molecular formula is C12H17N3O6. The van der Waals surface area contributed by atoms with Crippen molar-refractivity contribution in [1.29, 1.82) is 0 Å². The maximum atomic E-state index is 11.7. The number of nitrogens with zero attached hydrogens (tertiary/aromatic N) is 1. The molecule has 3 N–H and O–H groups in total. The normalized spacial score (nSPS) is 23.0. The number of carbonyl (C=O) groups excluding carboxylic acids is 1. The number of ether oxygens (including phenoxy) is 3. The number of esters is 1. The van der Waals surface area contributed by atoms with Crippen molar-refractivity contribution in [1.82, 2.24) is 9.55 Å². The van der Waals surface area contributed by atoms with Gasteiger partial charge in [0.1, 0.15) is 12.6 Å². The molecule has 1 aliphatic rings. The van der Waals surface area contributed by atoms with Crippen LogP contribution in [-0.2, 0) is 19.0 Å². The first-order valence-electron chi connectivity index (χ1n) is 6.40. The van der Waals surface area contributed by atoms with Gasteiger partial charge in [0.2, 0.25) is 0 Å². The molecule has 0 bridgehead atoms. The fourth-order valence-electron chi connectivity index (χ4n) is 1.76. The van der Waals surface area contributed by atoms with Crippen molar-refractivity contribution < 1.29 is 19.0 Å². The van der Waals surface area contributed by atoms with Crippen molar-refractivity contribution in [3.63, 3.8) is 0 Å². The molecule has 116 valence electrons. The minimum Gasteiger partial charge on any atom is -0.459 e. The van der Waals surface area contributed by atoms with E-state index in [9.17, 15) is 14.4 Å². The average molecular weight is 299 g/mol. The highest BCUT2D eigenvalue weighted by molar-refractivity contribution is 5.74. The number of nitrogens with one attached hydrogen (secondary N) is 1. The summed E-state index contributed by atoms with van der Waals surface area (Å²) in [5, 5.41) is 0. The Bertz CT molecular complexity index is 635. The van der Waals surface area contributed by atoms with Crippen molar-refractivity contribution in [2.75, 3.05) is 13.2 Å². The molecule has 21 heavy (non-hydrogen) atoms. The van der Waals surface area contributed by atoms with Gasteiger partial charge in [0.15, 0.2) is 12.5 Å². The molecule has 0 amide bonds. The lowest BCUT2D eigenvalue weighted by atomic mass is 10.4. The third-order valence-electron chi connectivity index (χ3n) is 2.92. The summed E-state index contributed by atoms with van der Waals surface area (Å²) >= 11 is 0. The number of carbonyl (C=O) groups is 1. The average Bonchev–Trinajstić information content (AvgIpc) is 2.88. The molecule has 2 heterocycles. The summed E-state index contributed by atoms with van der Waals surface area (Å²) in [5.41, 5.74) is 4.70. The first-order valence-corrected chi connectivity index (χ1v) is 6.40. The number of nitrogens with two attached hydrogens (primary N) is 1. The number of aromatic amines is 1. The second kappa shape index (κ2) is 6.20. The van der Waals surface area contributed by atoms with Crippen LogP contribution in [0.15, 0.2) is 15.8 Å². The maximum absolute atomic E-state index is 11.7. The van der Waals surface area contributed by atoms with E-state index >= 15 is 0 Å². The van der Waals surface area contributed by atoms with Gasteiger partial charge in [-0.3, -0.25) is 19.1 Å². The fourth-order valence-corrected chi connectivity index (χ4v) is 1.76. The largest absolute Gasteiger partial charge is 0.459 e. The Balaban J connectivity index is 2.00. The maximum Gasteiger partial charge on any atom is 0.330 e. The quantitative estimate of drug-likeness (QED) is 0.655. The topological polar surface area (TPSA) is 126 Å². The first kappa shape index (κ1) is 15.4. The zero-order chi connectivity index (χ0) is 15.6. The van der Waals surface area contributed by atoms with E-state index in [0.29, 0.717) is 5.56 Å². The fraction of sp³-hybridized carbons (Fsp3) is 0.583. The van der Waals surface area contributed by atoms with Crippen LogP contribution in [-0.4, -0.2) is 41.1 Å². The highest BCUT2D eigenvalue weighted by Crippen LogP contribution is 2.19. The third kappa shape index (κ3) is 3.57. The lowest BCUT2D eigenvalue weighted by molar-refractivity contribution is -0.160. The Morgan fingerprint density at radius 3 is 3.00 bits per heavy atom. The van der Waals surface area contributed by atoms with Crippen LogP contribution in [0.3, 0.4) is 0 Å². The van der Waals surface area contributed by atoms with Crippen molar-refractivity contribution in [2.45, 2.75) is 32.4 Å². The summed E-state index contributed by atoms with van der Waals surface area (Å²) in [6, 6.07) is -0.730. The summed E-state index contributed by atoms with van der Waals surface area (Å²) in [6.45, 7) is 3.07. The van der Waals surface area contributed by atoms with Crippen LogP contribution in [0.1, 0.15) is 18.7 Å². The Kier molecular flexibility index (Phi) is 4.56. The summed E-state index contributed by atoms with van der Waals surface area (Å²) in [5.74, 6) is -0.567. The number of aryl methyl sites for hydroxylation is 1. The molecule has 0 spiro atoms. The van der Waals surface area contributed by atoms with Crippen molar-refractivity contribution in [3.8, 4) is 0 Å². The number of aromatic nitrogens is 2. The van der Waals surface area contributed by atoms with Crippen LogP contribution in [0, 0.1) is 6.92 Å². The summed E-state index contributed by atoms with van der Waals surface area (Å²) in [7, 11) is 0. The van der Waals surface area contributed by atoms with Gasteiger partial charge in [-0.15, -0.1) is 0 Å². The number of rotatable bonds is 4. The second-order valence-electron chi connectivity index (χ2n) is 4.75.